The molecule has 1 saturated heterocycles. The van der Waals surface area contributed by atoms with Crippen molar-refractivity contribution in [2.24, 2.45) is 10.9 Å². The normalized spacial score (nSPS) is 39.6. The number of nitrogens with zero attached hydrogens (tertiary/aromatic N) is 1. The third-order valence-corrected chi connectivity index (χ3v) is 3.88. The lowest BCUT2D eigenvalue weighted by molar-refractivity contribution is 0.0230. The second-order valence-corrected chi connectivity index (χ2v) is 5.36. The van der Waals surface area contributed by atoms with Crippen molar-refractivity contribution < 1.29 is 10.2 Å². The molecule has 0 amide bonds. The van der Waals surface area contributed by atoms with E-state index in [1.54, 1.807) is 0 Å². The molecule has 0 spiro atoms. The third kappa shape index (κ3) is 4.05. The average molecular weight is 240 g/mol. The quantitative estimate of drug-likeness (QED) is 0.637. The first kappa shape index (κ1) is 13.0. The molecule has 1 heterocycles. The minimum Gasteiger partial charge on any atom is -0.393 e. The molecule has 3 N–H and O–H groups in total. The highest BCUT2D eigenvalue weighted by Crippen LogP contribution is 2.23. The Morgan fingerprint density at radius 2 is 2.06 bits per heavy atom. The van der Waals surface area contributed by atoms with Crippen molar-refractivity contribution in [3.63, 3.8) is 0 Å². The summed E-state index contributed by atoms with van der Waals surface area (Å²) in [4.78, 5) is 4.47. The molecule has 4 heteroatoms. The second kappa shape index (κ2) is 6.47. The summed E-state index contributed by atoms with van der Waals surface area (Å²) in [6.45, 7) is 1.93. The van der Waals surface area contributed by atoms with Gasteiger partial charge in [0.1, 0.15) is 0 Å². The molecule has 2 fully saturated rings. The van der Waals surface area contributed by atoms with Crippen LogP contribution in [0, 0.1) is 5.92 Å². The van der Waals surface area contributed by atoms with Gasteiger partial charge in [-0.1, -0.05) is 6.42 Å². The minimum absolute atomic E-state index is 0.141. The van der Waals surface area contributed by atoms with Gasteiger partial charge in [-0.05, 0) is 38.6 Å². The number of aliphatic imine (C=N–C) groups is 1. The van der Waals surface area contributed by atoms with Gasteiger partial charge in [-0.15, -0.1) is 0 Å². The van der Waals surface area contributed by atoms with Crippen LogP contribution in [0.15, 0.2) is 4.99 Å². The maximum atomic E-state index is 9.81. The van der Waals surface area contributed by atoms with Crippen molar-refractivity contribution in [1.29, 1.82) is 0 Å². The zero-order chi connectivity index (χ0) is 12.1. The monoisotopic (exact) mass is 240 g/mol. The van der Waals surface area contributed by atoms with Crippen molar-refractivity contribution in [1.82, 2.24) is 5.32 Å². The fourth-order valence-corrected chi connectivity index (χ4v) is 2.73. The van der Waals surface area contributed by atoms with Crippen LogP contribution in [0.3, 0.4) is 0 Å². The predicted molar refractivity (Wildman–Crippen MR) is 68.4 cm³/mol. The highest BCUT2D eigenvalue weighted by molar-refractivity contribution is 5.61. The Kier molecular flexibility index (Phi) is 4.95. The van der Waals surface area contributed by atoms with E-state index in [1.165, 1.54) is 19.3 Å². The van der Waals surface area contributed by atoms with E-state index in [0.29, 0.717) is 12.5 Å². The first-order chi connectivity index (χ1) is 8.25. The van der Waals surface area contributed by atoms with Gasteiger partial charge in [-0.3, -0.25) is 4.99 Å². The van der Waals surface area contributed by atoms with Crippen molar-refractivity contribution in [3.8, 4) is 0 Å². The molecule has 1 aliphatic carbocycles. The molecule has 98 valence electrons. The summed E-state index contributed by atoms with van der Waals surface area (Å²) >= 11 is 0. The van der Waals surface area contributed by atoms with E-state index in [-0.39, 0.29) is 12.0 Å². The fourth-order valence-electron chi connectivity index (χ4n) is 2.73. The first-order valence-electron chi connectivity index (χ1n) is 6.85. The lowest BCUT2D eigenvalue weighted by Crippen LogP contribution is -2.37. The molecule has 4 nitrogen and oxygen atoms in total. The van der Waals surface area contributed by atoms with Gasteiger partial charge in [0.2, 0.25) is 0 Å². The van der Waals surface area contributed by atoms with Gasteiger partial charge in [0.25, 0.3) is 0 Å². The van der Waals surface area contributed by atoms with Gasteiger partial charge in [-0.25, -0.2) is 0 Å². The van der Waals surface area contributed by atoms with E-state index < -0.39 is 6.10 Å². The molecule has 0 aromatic rings. The molecule has 1 saturated carbocycles. The van der Waals surface area contributed by atoms with Crippen LogP contribution in [-0.2, 0) is 0 Å². The molecular weight excluding hydrogens is 216 g/mol. The zero-order valence-electron chi connectivity index (χ0n) is 10.4. The van der Waals surface area contributed by atoms with Crippen LogP contribution in [-0.4, -0.2) is 47.8 Å². The smallest absolute Gasteiger partial charge is 0.0642 e. The van der Waals surface area contributed by atoms with E-state index in [0.717, 1.165) is 25.9 Å². The van der Waals surface area contributed by atoms with Gasteiger partial charge < -0.3 is 15.5 Å². The second-order valence-electron chi connectivity index (χ2n) is 5.36. The molecule has 4 unspecified atom stereocenters. The molecule has 17 heavy (non-hydrogen) atoms. The number of aliphatic hydroxyl groups is 2. The van der Waals surface area contributed by atoms with Crippen LogP contribution in [0.1, 0.15) is 38.5 Å². The maximum absolute atomic E-state index is 9.81. The largest absolute Gasteiger partial charge is 0.393 e. The average Bonchev–Trinajstić information content (AvgIpc) is 2.33. The van der Waals surface area contributed by atoms with Crippen LogP contribution >= 0.6 is 0 Å². The Morgan fingerprint density at radius 1 is 1.18 bits per heavy atom. The zero-order valence-corrected chi connectivity index (χ0v) is 10.4. The van der Waals surface area contributed by atoms with Gasteiger partial charge >= 0.3 is 0 Å². The summed E-state index contributed by atoms with van der Waals surface area (Å²) in [5.41, 5.74) is 0. The number of rotatable bonds is 3. The van der Waals surface area contributed by atoms with Gasteiger partial charge in [0.05, 0.1) is 18.8 Å². The lowest BCUT2D eigenvalue weighted by Gasteiger charge is -2.28. The topological polar surface area (TPSA) is 64.9 Å². The van der Waals surface area contributed by atoms with Crippen LogP contribution in [0.5, 0.6) is 0 Å². The summed E-state index contributed by atoms with van der Waals surface area (Å²) in [7, 11) is 0. The van der Waals surface area contributed by atoms with Gasteiger partial charge in [0.15, 0.2) is 0 Å². The third-order valence-electron chi connectivity index (χ3n) is 3.88. The Bertz CT molecular complexity index is 252. The number of hydrogen-bond acceptors (Lipinski definition) is 4. The first-order valence-corrected chi connectivity index (χ1v) is 6.85. The molecule has 2 rings (SSSR count). The number of nitrogens with one attached hydrogen (secondary N) is 1. The summed E-state index contributed by atoms with van der Waals surface area (Å²) < 4.78 is 0. The summed E-state index contributed by atoms with van der Waals surface area (Å²) in [6.07, 6.45) is 7.09. The Labute approximate surface area is 103 Å². The molecule has 0 bridgehead atoms. The molecule has 0 aromatic carbocycles. The number of aliphatic hydroxyl groups excluding tert-OH is 2. The lowest BCUT2D eigenvalue weighted by atomic mass is 9.86. The SMILES string of the molecule is OC1CCC(C=NCC2CCCCN2)C(O)C1. The van der Waals surface area contributed by atoms with E-state index >= 15 is 0 Å². The van der Waals surface area contributed by atoms with Crippen LogP contribution in [0.4, 0.5) is 0 Å². The van der Waals surface area contributed by atoms with E-state index in [1.807, 2.05) is 6.21 Å². The molecule has 2 aliphatic rings. The summed E-state index contributed by atoms with van der Waals surface area (Å²) in [6, 6.07) is 0.520. The summed E-state index contributed by atoms with van der Waals surface area (Å²) in [5, 5.41) is 22.7. The Morgan fingerprint density at radius 3 is 2.76 bits per heavy atom. The number of piperidine rings is 1. The Balaban J connectivity index is 1.72. The Hall–Kier alpha value is -0.450. The molecular formula is C13H24N2O2. The van der Waals surface area contributed by atoms with Crippen LogP contribution in [0.25, 0.3) is 0 Å². The minimum atomic E-state index is -0.415. The van der Waals surface area contributed by atoms with Crippen molar-refractivity contribution in [3.05, 3.63) is 0 Å². The molecule has 1 aliphatic heterocycles. The highest BCUT2D eigenvalue weighted by Gasteiger charge is 2.26. The molecule has 0 aromatic heterocycles. The van der Waals surface area contributed by atoms with Crippen LogP contribution in [0.2, 0.25) is 0 Å². The van der Waals surface area contributed by atoms with E-state index in [4.69, 9.17) is 0 Å². The maximum Gasteiger partial charge on any atom is 0.0642 e. The van der Waals surface area contributed by atoms with Crippen molar-refractivity contribution >= 4 is 6.21 Å². The standard InChI is InChI=1S/C13H24N2O2/c16-12-5-4-10(13(17)7-12)8-14-9-11-3-1-2-6-15-11/h8,10-13,15-17H,1-7,9H2. The van der Waals surface area contributed by atoms with Gasteiger partial charge in [0, 0.05) is 18.2 Å². The molecule has 0 radical (unpaired) electrons. The highest BCUT2D eigenvalue weighted by atomic mass is 16.3. The van der Waals surface area contributed by atoms with E-state index in [9.17, 15) is 10.2 Å². The summed E-state index contributed by atoms with van der Waals surface area (Å²) in [5.74, 6) is 0.141. The van der Waals surface area contributed by atoms with Crippen molar-refractivity contribution in [2.75, 3.05) is 13.1 Å². The fraction of sp³-hybridized carbons (Fsp3) is 0.923. The van der Waals surface area contributed by atoms with Crippen molar-refractivity contribution in [2.45, 2.75) is 56.8 Å². The number of hydrogen-bond donors (Lipinski definition) is 3. The molecule has 4 atom stereocenters. The van der Waals surface area contributed by atoms with Gasteiger partial charge in [-0.2, -0.15) is 0 Å². The van der Waals surface area contributed by atoms with Crippen LogP contribution < -0.4 is 5.32 Å². The predicted octanol–water partition coefficient (Wildman–Crippen LogP) is 0.721. The van der Waals surface area contributed by atoms with E-state index in [2.05, 4.69) is 10.3 Å².